The topological polar surface area (TPSA) is 46.2 Å². The van der Waals surface area contributed by atoms with Crippen molar-refractivity contribution in [3.63, 3.8) is 0 Å². The predicted molar refractivity (Wildman–Crippen MR) is 72.4 cm³/mol. The second-order valence-corrected chi connectivity index (χ2v) is 6.17. The second kappa shape index (κ2) is 5.07. The van der Waals surface area contributed by atoms with E-state index in [2.05, 4.69) is 31.9 Å². The molecule has 2 rings (SSSR count). The molecule has 0 heterocycles. The fourth-order valence-electron chi connectivity index (χ4n) is 2.41. The maximum atomic E-state index is 10.0. The predicted octanol–water partition coefficient (Wildman–Crippen LogP) is 4.11. The molecule has 0 aliphatic heterocycles. The standard InChI is InChI=1S/C12H15Br2NO/c13-8-5-9(12(16)10(14)6-8)11(15)7-3-1-2-4-7/h5-7,11,16H,1-4,15H2/t11-/m0/s1. The van der Waals surface area contributed by atoms with Crippen LogP contribution in [-0.4, -0.2) is 5.11 Å². The molecule has 1 atom stereocenters. The summed E-state index contributed by atoms with van der Waals surface area (Å²) in [6, 6.07) is 3.69. The largest absolute Gasteiger partial charge is 0.506 e. The van der Waals surface area contributed by atoms with Crippen molar-refractivity contribution >= 4 is 31.9 Å². The molecule has 0 saturated heterocycles. The number of halogens is 2. The summed E-state index contributed by atoms with van der Waals surface area (Å²) < 4.78 is 1.64. The van der Waals surface area contributed by atoms with Gasteiger partial charge in [-0.05, 0) is 46.8 Å². The number of hydrogen-bond donors (Lipinski definition) is 2. The molecule has 0 bridgehead atoms. The summed E-state index contributed by atoms with van der Waals surface area (Å²) in [5, 5.41) is 10.0. The number of nitrogens with two attached hydrogens (primary N) is 1. The first-order valence-corrected chi connectivity index (χ1v) is 7.11. The molecular formula is C12H15Br2NO. The first kappa shape index (κ1) is 12.4. The van der Waals surface area contributed by atoms with Crippen LogP contribution in [0.1, 0.15) is 37.3 Å². The molecule has 1 fully saturated rings. The Kier molecular flexibility index (Phi) is 3.93. The van der Waals surface area contributed by atoms with Crippen molar-refractivity contribution in [1.82, 2.24) is 0 Å². The molecule has 1 saturated carbocycles. The third-order valence-corrected chi connectivity index (χ3v) is 4.39. The van der Waals surface area contributed by atoms with Gasteiger partial charge in [0.05, 0.1) is 4.47 Å². The smallest absolute Gasteiger partial charge is 0.134 e. The molecule has 1 aromatic carbocycles. The van der Waals surface area contributed by atoms with Gasteiger partial charge in [-0.3, -0.25) is 0 Å². The van der Waals surface area contributed by atoms with Crippen molar-refractivity contribution in [3.05, 3.63) is 26.6 Å². The van der Waals surface area contributed by atoms with E-state index < -0.39 is 0 Å². The zero-order chi connectivity index (χ0) is 11.7. The molecule has 0 radical (unpaired) electrons. The Labute approximate surface area is 112 Å². The quantitative estimate of drug-likeness (QED) is 0.844. The van der Waals surface area contributed by atoms with Crippen molar-refractivity contribution in [3.8, 4) is 5.75 Å². The van der Waals surface area contributed by atoms with Gasteiger partial charge in [0.15, 0.2) is 0 Å². The minimum atomic E-state index is -0.0590. The molecule has 0 aromatic heterocycles. The lowest BCUT2D eigenvalue weighted by atomic mass is 9.92. The van der Waals surface area contributed by atoms with Gasteiger partial charge >= 0.3 is 0 Å². The lowest BCUT2D eigenvalue weighted by Gasteiger charge is -2.21. The van der Waals surface area contributed by atoms with Gasteiger partial charge in [0.2, 0.25) is 0 Å². The highest BCUT2D eigenvalue weighted by Crippen LogP contribution is 2.41. The molecule has 88 valence electrons. The number of hydrogen-bond acceptors (Lipinski definition) is 2. The fourth-order valence-corrected chi connectivity index (χ4v) is 3.67. The van der Waals surface area contributed by atoms with E-state index in [1.807, 2.05) is 12.1 Å². The summed E-state index contributed by atoms with van der Waals surface area (Å²) in [6.45, 7) is 0. The van der Waals surface area contributed by atoms with Gasteiger partial charge in [0, 0.05) is 16.1 Å². The van der Waals surface area contributed by atoms with Crippen molar-refractivity contribution in [1.29, 1.82) is 0 Å². The van der Waals surface area contributed by atoms with E-state index in [0.717, 1.165) is 10.0 Å². The molecule has 1 aromatic rings. The summed E-state index contributed by atoms with van der Waals surface area (Å²) in [7, 11) is 0. The minimum Gasteiger partial charge on any atom is -0.506 e. The normalized spacial score (nSPS) is 18.9. The van der Waals surface area contributed by atoms with Crippen LogP contribution < -0.4 is 5.73 Å². The molecule has 4 heteroatoms. The van der Waals surface area contributed by atoms with Crippen molar-refractivity contribution in [2.45, 2.75) is 31.7 Å². The average molecular weight is 349 g/mol. The highest BCUT2D eigenvalue weighted by Gasteiger charge is 2.26. The molecule has 16 heavy (non-hydrogen) atoms. The lowest BCUT2D eigenvalue weighted by Crippen LogP contribution is -2.19. The number of rotatable bonds is 2. The van der Waals surface area contributed by atoms with Crippen LogP contribution in [0.2, 0.25) is 0 Å². The van der Waals surface area contributed by atoms with E-state index in [1.54, 1.807) is 0 Å². The van der Waals surface area contributed by atoms with Crippen LogP contribution >= 0.6 is 31.9 Å². The Morgan fingerprint density at radius 3 is 2.50 bits per heavy atom. The number of phenols is 1. The van der Waals surface area contributed by atoms with Gasteiger partial charge < -0.3 is 10.8 Å². The third-order valence-electron chi connectivity index (χ3n) is 3.32. The minimum absolute atomic E-state index is 0.0590. The van der Waals surface area contributed by atoms with Crippen molar-refractivity contribution < 1.29 is 5.11 Å². The summed E-state index contributed by atoms with van der Waals surface area (Å²) in [5.74, 6) is 0.787. The first-order chi connectivity index (χ1) is 7.59. The third kappa shape index (κ3) is 2.44. The Balaban J connectivity index is 2.31. The maximum absolute atomic E-state index is 10.0. The van der Waals surface area contributed by atoms with Gasteiger partial charge in [-0.1, -0.05) is 28.8 Å². The van der Waals surface area contributed by atoms with Gasteiger partial charge in [0.25, 0.3) is 0 Å². The Morgan fingerprint density at radius 1 is 1.25 bits per heavy atom. The Hall–Kier alpha value is -0.0600. The molecule has 2 nitrogen and oxygen atoms in total. The molecule has 3 N–H and O–H groups in total. The van der Waals surface area contributed by atoms with E-state index in [0.29, 0.717) is 10.4 Å². The molecule has 0 spiro atoms. The first-order valence-electron chi connectivity index (χ1n) is 5.53. The van der Waals surface area contributed by atoms with Crippen LogP contribution in [0.25, 0.3) is 0 Å². The van der Waals surface area contributed by atoms with Gasteiger partial charge in [0.1, 0.15) is 5.75 Å². The SMILES string of the molecule is N[C@H](c1cc(Br)cc(Br)c1O)C1CCCC1. The fraction of sp³-hybridized carbons (Fsp3) is 0.500. The molecule has 1 aliphatic rings. The van der Waals surface area contributed by atoms with E-state index in [4.69, 9.17) is 5.73 Å². The van der Waals surface area contributed by atoms with Crippen LogP contribution in [0.15, 0.2) is 21.1 Å². The van der Waals surface area contributed by atoms with Crippen LogP contribution in [-0.2, 0) is 0 Å². The number of phenolic OH excluding ortho intramolecular Hbond substituents is 1. The van der Waals surface area contributed by atoms with Gasteiger partial charge in [-0.25, -0.2) is 0 Å². The van der Waals surface area contributed by atoms with Gasteiger partial charge in [-0.15, -0.1) is 0 Å². The second-order valence-electron chi connectivity index (χ2n) is 4.40. The summed E-state index contributed by atoms with van der Waals surface area (Å²) in [4.78, 5) is 0. The Bertz CT molecular complexity index is 389. The van der Waals surface area contributed by atoms with Crippen LogP contribution in [0.5, 0.6) is 5.75 Å². The summed E-state index contributed by atoms with van der Waals surface area (Å²) >= 11 is 6.77. The molecular weight excluding hydrogens is 334 g/mol. The van der Waals surface area contributed by atoms with Crippen molar-refractivity contribution in [2.24, 2.45) is 11.7 Å². The van der Waals surface area contributed by atoms with Gasteiger partial charge in [-0.2, -0.15) is 0 Å². The molecule has 1 aliphatic carbocycles. The molecule has 0 unspecified atom stereocenters. The van der Waals surface area contributed by atoms with E-state index in [1.165, 1.54) is 25.7 Å². The number of benzene rings is 1. The summed E-state index contributed by atoms with van der Waals surface area (Å²) in [5.41, 5.74) is 7.08. The number of aromatic hydroxyl groups is 1. The van der Waals surface area contributed by atoms with Crippen LogP contribution in [0.4, 0.5) is 0 Å². The van der Waals surface area contributed by atoms with Crippen LogP contribution in [0, 0.1) is 5.92 Å². The zero-order valence-corrected chi connectivity index (χ0v) is 12.1. The highest BCUT2D eigenvalue weighted by molar-refractivity contribution is 9.11. The van der Waals surface area contributed by atoms with Crippen LogP contribution in [0.3, 0.4) is 0 Å². The zero-order valence-electron chi connectivity index (χ0n) is 8.92. The highest BCUT2D eigenvalue weighted by atomic mass is 79.9. The van der Waals surface area contributed by atoms with Crippen molar-refractivity contribution in [2.75, 3.05) is 0 Å². The van der Waals surface area contributed by atoms with E-state index in [-0.39, 0.29) is 11.8 Å². The monoisotopic (exact) mass is 347 g/mol. The maximum Gasteiger partial charge on any atom is 0.134 e. The summed E-state index contributed by atoms with van der Waals surface area (Å²) in [6.07, 6.45) is 4.86. The average Bonchev–Trinajstić information content (AvgIpc) is 2.75. The Morgan fingerprint density at radius 2 is 1.88 bits per heavy atom. The lowest BCUT2D eigenvalue weighted by molar-refractivity contribution is 0.410. The van der Waals surface area contributed by atoms with E-state index >= 15 is 0 Å². The van der Waals surface area contributed by atoms with E-state index in [9.17, 15) is 5.11 Å². The molecule has 0 amide bonds.